The molecule has 0 bridgehead atoms. The van der Waals surface area contributed by atoms with Crippen LogP contribution < -0.4 is 25.6 Å². The number of imide groups is 2. The predicted octanol–water partition coefficient (Wildman–Crippen LogP) is 5.38. The molecule has 61 heavy (non-hydrogen) atoms. The van der Waals surface area contributed by atoms with Crippen LogP contribution >= 0.6 is 11.6 Å². The number of aromatic nitrogens is 2. The van der Waals surface area contributed by atoms with Gasteiger partial charge in [-0.1, -0.05) is 17.7 Å². The molecule has 8 rings (SSSR count). The first-order valence-electron chi connectivity index (χ1n) is 20.5. The van der Waals surface area contributed by atoms with E-state index in [0.29, 0.717) is 46.3 Å². The number of nitrogens with one attached hydrogen (secondary N) is 3. The molecule has 3 saturated heterocycles. The normalized spacial score (nSPS) is 21.6. The monoisotopic (exact) mass is 851 g/mol. The van der Waals surface area contributed by atoms with E-state index < -0.39 is 35.5 Å². The average molecular weight is 852 g/mol. The molecule has 3 unspecified atom stereocenters. The molecule has 1 aromatic heterocycles. The first-order chi connectivity index (χ1) is 29.4. The second-order valence-electron chi connectivity index (χ2n) is 16.2. The fourth-order valence-corrected chi connectivity index (χ4v) is 9.06. The van der Waals surface area contributed by atoms with Gasteiger partial charge in [0.25, 0.3) is 11.8 Å². The summed E-state index contributed by atoms with van der Waals surface area (Å²) in [6.45, 7) is 9.43. The van der Waals surface area contributed by atoms with E-state index in [1.807, 2.05) is 12.1 Å². The Kier molecular flexibility index (Phi) is 12.0. The minimum Gasteiger partial charge on any atom is -0.494 e. The van der Waals surface area contributed by atoms with Crippen LogP contribution in [0.4, 0.5) is 27.3 Å². The zero-order valence-corrected chi connectivity index (χ0v) is 34.9. The lowest BCUT2D eigenvalue weighted by Gasteiger charge is -2.47. The Labute approximate surface area is 357 Å². The molecule has 3 fully saturated rings. The number of piperidine rings is 2. The van der Waals surface area contributed by atoms with Gasteiger partial charge in [0.1, 0.15) is 29.8 Å². The third-order valence-electron chi connectivity index (χ3n) is 12.1. The number of hydrogen-bond acceptors (Lipinski definition) is 12. The first-order valence-corrected chi connectivity index (χ1v) is 20.9. The molecule has 5 heterocycles. The molecule has 3 N–H and O–H groups in total. The van der Waals surface area contributed by atoms with Gasteiger partial charge in [-0.25, -0.2) is 14.4 Å². The quantitative estimate of drug-likeness (QED) is 0.130. The van der Waals surface area contributed by atoms with Gasteiger partial charge in [-0.05, 0) is 94.6 Å². The SMILES string of the molecule is COc1cc2ncnc(Nc3ccc(F)c(Cl)c3)c2cc1NC(=O)/C=C/CN1CCC(CN2C(C)CN(c3ccc4c(c3)C(=O)N(C3CCC(=O)NC3=O)C4=O)CC2C)CC1. The fourth-order valence-electron chi connectivity index (χ4n) is 8.88. The Morgan fingerprint density at radius 2 is 1.72 bits per heavy atom. The molecular formula is C44H47ClFN9O6. The molecule has 4 aromatic rings. The molecule has 4 aliphatic heterocycles. The van der Waals surface area contributed by atoms with Crippen molar-refractivity contribution in [1.82, 2.24) is 30.0 Å². The summed E-state index contributed by atoms with van der Waals surface area (Å²) in [4.78, 5) is 80.8. The third kappa shape index (κ3) is 8.79. The number of likely N-dealkylation sites (tertiary alicyclic amines) is 1. The number of methoxy groups -OCH3 is 1. The number of ether oxygens (including phenoxy) is 1. The van der Waals surface area contributed by atoms with Crippen molar-refractivity contribution in [2.75, 3.05) is 61.9 Å². The van der Waals surface area contributed by atoms with E-state index in [1.165, 1.54) is 31.6 Å². The summed E-state index contributed by atoms with van der Waals surface area (Å²) in [5.74, 6) is -1.44. The van der Waals surface area contributed by atoms with Gasteiger partial charge in [0.05, 0.1) is 34.5 Å². The number of anilines is 4. The zero-order chi connectivity index (χ0) is 42.9. The summed E-state index contributed by atoms with van der Waals surface area (Å²) in [6.07, 6.45) is 7.09. The van der Waals surface area contributed by atoms with Crippen molar-refractivity contribution in [1.29, 1.82) is 0 Å². The van der Waals surface area contributed by atoms with Crippen LogP contribution in [0, 0.1) is 11.7 Å². The molecular weight excluding hydrogens is 805 g/mol. The summed E-state index contributed by atoms with van der Waals surface area (Å²) in [7, 11) is 1.52. The highest BCUT2D eigenvalue weighted by Crippen LogP contribution is 2.35. The van der Waals surface area contributed by atoms with Crippen molar-refractivity contribution in [2.24, 2.45) is 5.92 Å². The number of carbonyl (C=O) groups excluding carboxylic acids is 5. The van der Waals surface area contributed by atoms with Gasteiger partial charge in [-0.2, -0.15) is 0 Å². The number of piperazine rings is 1. The second-order valence-corrected chi connectivity index (χ2v) is 16.6. The van der Waals surface area contributed by atoms with Crippen LogP contribution in [-0.2, 0) is 14.4 Å². The van der Waals surface area contributed by atoms with Crippen molar-refractivity contribution in [3.05, 3.63) is 89.0 Å². The van der Waals surface area contributed by atoms with Gasteiger partial charge < -0.3 is 20.3 Å². The number of rotatable bonds is 11. The van der Waals surface area contributed by atoms with E-state index in [1.54, 1.807) is 30.3 Å². The molecule has 0 radical (unpaired) electrons. The smallest absolute Gasteiger partial charge is 0.262 e. The number of halogens is 2. The molecule has 0 saturated carbocycles. The number of hydrogen-bond donors (Lipinski definition) is 3. The zero-order valence-electron chi connectivity index (χ0n) is 34.1. The Bertz CT molecular complexity index is 2430. The standard InChI is InChI=1S/C44H47ClFN9O6/c1-25-21-53(29-7-8-30-31(18-29)44(60)55(43(30)59)37-10-11-40(57)51-42(37)58)22-26(2)54(25)23-27-12-15-52(16-13-27)14-4-5-39(56)50-36-19-32-35(20-38(36)61-3)47-24-48-41(32)49-28-6-9-34(46)33(45)17-28/h4-9,17-20,24-27,37H,10-16,21-23H2,1-3H3,(H,50,56)(H,47,48,49)(H,51,57,58)/b5-4+. The number of fused-ring (bicyclic) bond motifs is 2. The van der Waals surface area contributed by atoms with E-state index in [4.69, 9.17) is 16.3 Å². The van der Waals surface area contributed by atoms with E-state index in [0.717, 1.165) is 56.2 Å². The van der Waals surface area contributed by atoms with Gasteiger partial charge in [0.2, 0.25) is 17.7 Å². The number of carbonyl (C=O) groups is 5. The molecule has 4 aliphatic rings. The van der Waals surface area contributed by atoms with Crippen molar-refractivity contribution in [3.63, 3.8) is 0 Å². The number of amides is 5. The summed E-state index contributed by atoms with van der Waals surface area (Å²) in [5.41, 5.74) is 3.00. The van der Waals surface area contributed by atoms with Crippen LogP contribution in [-0.4, -0.2) is 119 Å². The largest absolute Gasteiger partial charge is 0.494 e. The maximum atomic E-state index is 13.7. The lowest BCUT2D eigenvalue weighted by Crippen LogP contribution is -2.58. The van der Waals surface area contributed by atoms with Gasteiger partial charge in [0, 0.05) is 73.6 Å². The van der Waals surface area contributed by atoms with Gasteiger partial charge in [0.15, 0.2) is 0 Å². The second kappa shape index (κ2) is 17.6. The van der Waals surface area contributed by atoms with Crippen LogP contribution in [0.5, 0.6) is 5.75 Å². The molecule has 0 spiro atoms. The van der Waals surface area contributed by atoms with Gasteiger partial charge in [-0.3, -0.25) is 44.0 Å². The minimum atomic E-state index is -0.993. The maximum Gasteiger partial charge on any atom is 0.262 e. The van der Waals surface area contributed by atoms with Crippen molar-refractivity contribution >= 4 is 74.9 Å². The summed E-state index contributed by atoms with van der Waals surface area (Å²) in [5, 5.41) is 8.91. The first kappa shape index (κ1) is 41.8. The fraction of sp³-hybridized carbons (Fsp3) is 0.386. The Balaban J connectivity index is 0.817. The van der Waals surface area contributed by atoms with Crippen LogP contribution in [0.25, 0.3) is 10.9 Å². The average Bonchev–Trinajstić information content (AvgIpc) is 3.48. The highest BCUT2D eigenvalue weighted by molar-refractivity contribution is 6.31. The Hall–Kier alpha value is -5.97. The van der Waals surface area contributed by atoms with Crippen molar-refractivity contribution < 1.29 is 33.1 Å². The highest BCUT2D eigenvalue weighted by atomic mass is 35.5. The lowest BCUT2D eigenvalue weighted by molar-refractivity contribution is -0.136. The maximum absolute atomic E-state index is 13.7. The van der Waals surface area contributed by atoms with Crippen LogP contribution in [0.2, 0.25) is 5.02 Å². The molecule has 5 amide bonds. The molecule has 0 aliphatic carbocycles. The topological polar surface area (TPSA) is 169 Å². The summed E-state index contributed by atoms with van der Waals surface area (Å²) in [6, 6.07) is 12.6. The molecule has 3 atom stereocenters. The van der Waals surface area contributed by atoms with Crippen LogP contribution in [0.1, 0.15) is 60.2 Å². The number of nitrogens with zero attached hydrogens (tertiary/aromatic N) is 6. The summed E-state index contributed by atoms with van der Waals surface area (Å²) >= 11 is 5.97. The van der Waals surface area contributed by atoms with Crippen molar-refractivity contribution in [2.45, 2.75) is 57.7 Å². The van der Waals surface area contributed by atoms with E-state index in [2.05, 4.69) is 54.5 Å². The molecule has 3 aromatic carbocycles. The minimum absolute atomic E-state index is 0.0231. The predicted molar refractivity (Wildman–Crippen MR) is 229 cm³/mol. The molecule has 17 heteroatoms. The summed E-state index contributed by atoms with van der Waals surface area (Å²) < 4.78 is 19.3. The Morgan fingerprint density at radius 3 is 2.44 bits per heavy atom. The van der Waals surface area contributed by atoms with Crippen LogP contribution in [0.3, 0.4) is 0 Å². The highest BCUT2D eigenvalue weighted by Gasteiger charge is 2.45. The van der Waals surface area contributed by atoms with E-state index in [9.17, 15) is 28.4 Å². The number of benzene rings is 3. The van der Waals surface area contributed by atoms with Gasteiger partial charge >= 0.3 is 0 Å². The molecule has 15 nitrogen and oxygen atoms in total. The van der Waals surface area contributed by atoms with Gasteiger partial charge in [-0.15, -0.1) is 0 Å². The molecule has 318 valence electrons. The van der Waals surface area contributed by atoms with E-state index in [-0.39, 0.29) is 47.0 Å². The third-order valence-corrected chi connectivity index (χ3v) is 12.4. The van der Waals surface area contributed by atoms with E-state index >= 15 is 0 Å². The lowest BCUT2D eigenvalue weighted by atomic mass is 9.94. The Morgan fingerprint density at radius 1 is 0.967 bits per heavy atom. The van der Waals surface area contributed by atoms with Crippen LogP contribution in [0.15, 0.2) is 67.0 Å². The van der Waals surface area contributed by atoms with Crippen molar-refractivity contribution in [3.8, 4) is 5.75 Å².